The molecule has 2 aromatic carbocycles. The van der Waals surface area contributed by atoms with Gasteiger partial charge >= 0.3 is 0 Å². The summed E-state index contributed by atoms with van der Waals surface area (Å²) >= 11 is 11.3. The van der Waals surface area contributed by atoms with Gasteiger partial charge in [-0.05, 0) is 47.5 Å². The highest BCUT2D eigenvalue weighted by molar-refractivity contribution is 8.24. The maximum absolute atomic E-state index is 12.1. The number of hydrogen-bond acceptors (Lipinski definition) is 8. The summed E-state index contributed by atoms with van der Waals surface area (Å²) in [6.07, 6.45) is 1.97. The molecule has 0 radical (unpaired) electrons. The van der Waals surface area contributed by atoms with Crippen molar-refractivity contribution in [3.05, 3.63) is 80.2 Å². The van der Waals surface area contributed by atoms with E-state index in [0.29, 0.717) is 0 Å². The average molecular weight is 579 g/mol. The van der Waals surface area contributed by atoms with Crippen LogP contribution in [0, 0.1) is 0 Å². The number of thioether (sulfide) groups is 4. The minimum atomic E-state index is -0.251. The molecule has 3 aliphatic carbocycles. The standard InChI is InChI=1S/C28H18O2S6/c1-25-23-17(11-15(13-29)31-23)18-12-16(14-30)32-24(18)26(2,27(25)33-19-7-3-4-8-20(19)34-27)28(25)35-21-9-5-6-10-22(21)36-28/h3-14H,1-2H3. The van der Waals surface area contributed by atoms with Crippen LogP contribution in [0.4, 0.5) is 0 Å². The van der Waals surface area contributed by atoms with E-state index in [4.69, 9.17) is 0 Å². The van der Waals surface area contributed by atoms with Gasteiger partial charge in [-0.1, -0.05) is 38.1 Å². The van der Waals surface area contributed by atoms with E-state index < -0.39 is 0 Å². The second-order valence-electron chi connectivity index (χ2n) is 9.80. The van der Waals surface area contributed by atoms with Gasteiger partial charge in [0, 0.05) is 29.3 Å². The summed E-state index contributed by atoms with van der Waals surface area (Å²) in [6.45, 7) is 4.90. The van der Waals surface area contributed by atoms with Crippen LogP contribution < -0.4 is 0 Å². The summed E-state index contributed by atoms with van der Waals surface area (Å²) in [5.41, 5.74) is 1.77. The zero-order valence-electron chi connectivity index (χ0n) is 19.2. The first-order chi connectivity index (χ1) is 17.4. The molecule has 2 spiro atoms. The van der Waals surface area contributed by atoms with Crippen molar-refractivity contribution in [2.75, 3.05) is 0 Å². The van der Waals surface area contributed by atoms with E-state index in [2.05, 4.69) is 74.5 Å². The Morgan fingerprint density at radius 3 is 1.22 bits per heavy atom. The van der Waals surface area contributed by atoms with Gasteiger partial charge in [0.05, 0.1) is 28.7 Å². The minimum absolute atomic E-state index is 0.220. The van der Waals surface area contributed by atoms with Gasteiger partial charge in [-0.25, -0.2) is 0 Å². The van der Waals surface area contributed by atoms with E-state index in [1.165, 1.54) is 29.3 Å². The first-order valence-electron chi connectivity index (χ1n) is 11.6. The number of carbonyl (C=O) groups excluding carboxylic acids is 2. The third-order valence-electron chi connectivity index (χ3n) is 8.28. The summed E-state index contributed by atoms with van der Waals surface area (Å²) in [7, 11) is 0. The van der Waals surface area contributed by atoms with E-state index in [-0.39, 0.29) is 19.0 Å². The molecule has 5 aliphatic rings. The lowest BCUT2D eigenvalue weighted by atomic mass is 9.51. The molecule has 9 rings (SSSR count). The summed E-state index contributed by atoms with van der Waals surface area (Å²) < 4.78 is -0.441. The SMILES string of the molecule is CC12c3sc(C=O)cc3-c3cc(C=O)sc3C(C)(C13Sc1ccccc1S3)C21Sc2ccccc2S1. The van der Waals surface area contributed by atoms with Crippen LogP contribution in [0.25, 0.3) is 11.1 Å². The molecule has 2 aliphatic heterocycles. The zero-order valence-corrected chi connectivity index (χ0v) is 24.1. The summed E-state index contributed by atoms with van der Waals surface area (Å²) in [4.78, 5) is 33.5. The number of thiophene rings is 2. The van der Waals surface area contributed by atoms with Crippen molar-refractivity contribution in [2.45, 2.75) is 52.4 Å². The van der Waals surface area contributed by atoms with Crippen molar-refractivity contribution in [3.63, 3.8) is 0 Å². The quantitative estimate of drug-likeness (QED) is 0.221. The Bertz CT molecular complexity index is 1460. The molecule has 2 bridgehead atoms. The highest BCUT2D eigenvalue weighted by Gasteiger charge is 2.90. The fourth-order valence-electron chi connectivity index (χ4n) is 6.76. The molecule has 36 heavy (non-hydrogen) atoms. The van der Waals surface area contributed by atoms with Crippen LogP contribution in [0.2, 0.25) is 0 Å². The summed E-state index contributed by atoms with van der Waals surface area (Å²) in [5, 5.41) is 0. The normalized spacial score (nSPS) is 27.1. The minimum Gasteiger partial charge on any atom is -0.297 e. The second kappa shape index (κ2) is 7.16. The van der Waals surface area contributed by atoms with Crippen molar-refractivity contribution in [2.24, 2.45) is 0 Å². The molecule has 0 saturated heterocycles. The van der Waals surface area contributed by atoms with Crippen LogP contribution in [-0.4, -0.2) is 20.7 Å². The largest absolute Gasteiger partial charge is 0.297 e. The number of benzene rings is 2. The van der Waals surface area contributed by atoms with Gasteiger partial charge in [-0.3, -0.25) is 9.59 Å². The molecular formula is C28H18O2S6. The lowest BCUT2D eigenvalue weighted by molar-refractivity contribution is 0.111. The molecular weight excluding hydrogens is 561 g/mol. The van der Waals surface area contributed by atoms with Gasteiger partial charge in [0.15, 0.2) is 12.6 Å². The monoisotopic (exact) mass is 578 g/mol. The molecule has 1 fully saturated rings. The molecule has 4 aromatic rings. The van der Waals surface area contributed by atoms with Crippen LogP contribution in [-0.2, 0) is 10.8 Å². The molecule has 0 amide bonds. The Hall–Kier alpha value is -1.42. The Balaban J connectivity index is 1.51. The highest BCUT2D eigenvalue weighted by Crippen LogP contribution is 2.92. The molecule has 0 unspecified atom stereocenters. The number of rotatable bonds is 2. The fourth-order valence-corrected chi connectivity index (χ4v) is 18.4. The molecule has 0 N–H and O–H groups in total. The lowest BCUT2D eigenvalue weighted by Gasteiger charge is -2.75. The highest BCUT2D eigenvalue weighted by atomic mass is 32.2. The Morgan fingerprint density at radius 1 is 0.583 bits per heavy atom. The predicted octanol–water partition coefficient (Wildman–Crippen LogP) is 8.83. The number of hydrogen-bond donors (Lipinski definition) is 0. The third kappa shape index (κ3) is 2.23. The van der Waals surface area contributed by atoms with Crippen molar-refractivity contribution in [1.29, 1.82) is 0 Å². The molecule has 4 heterocycles. The van der Waals surface area contributed by atoms with Gasteiger partial charge in [0.1, 0.15) is 0 Å². The first-order valence-corrected chi connectivity index (χ1v) is 16.5. The molecule has 8 heteroatoms. The Morgan fingerprint density at radius 2 is 0.917 bits per heavy atom. The maximum Gasteiger partial charge on any atom is 0.160 e. The molecule has 2 aromatic heterocycles. The van der Waals surface area contributed by atoms with E-state index in [1.54, 1.807) is 22.7 Å². The van der Waals surface area contributed by atoms with E-state index in [9.17, 15) is 9.59 Å². The maximum atomic E-state index is 12.1. The van der Waals surface area contributed by atoms with E-state index >= 15 is 0 Å². The molecule has 1 saturated carbocycles. The number of fused-ring (bicyclic) bond motifs is 2. The van der Waals surface area contributed by atoms with Crippen molar-refractivity contribution in [1.82, 2.24) is 0 Å². The molecule has 2 nitrogen and oxygen atoms in total. The van der Waals surface area contributed by atoms with Crippen LogP contribution in [0.15, 0.2) is 80.2 Å². The van der Waals surface area contributed by atoms with Crippen LogP contribution >= 0.6 is 69.7 Å². The van der Waals surface area contributed by atoms with Gasteiger partial charge in [-0.15, -0.1) is 69.7 Å². The van der Waals surface area contributed by atoms with E-state index in [1.807, 2.05) is 47.0 Å². The Kier molecular flexibility index (Phi) is 4.48. The smallest absolute Gasteiger partial charge is 0.160 e. The van der Waals surface area contributed by atoms with Crippen molar-refractivity contribution < 1.29 is 9.59 Å². The first kappa shape index (κ1) is 22.6. The zero-order chi connectivity index (χ0) is 24.5. The van der Waals surface area contributed by atoms with Crippen molar-refractivity contribution in [3.8, 4) is 11.1 Å². The van der Waals surface area contributed by atoms with Gasteiger partial charge in [0.25, 0.3) is 0 Å². The van der Waals surface area contributed by atoms with Crippen LogP contribution in [0.5, 0.6) is 0 Å². The topological polar surface area (TPSA) is 34.1 Å². The van der Waals surface area contributed by atoms with Crippen molar-refractivity contribution >= 4 is 82.3 Å². The number of aldehydes is 2. The number of carbonyl (C=O) groups is 2. The summed E-state index contributed by atoms with van der Waals surface area (Å²) in [6, 6.07) is 21.6. The van der Waals surface area contributed by atoms with Gasteiger partial charge in [0.2, 0.25) is 0 Å². The Labute approximate surface area is 234 Å². The fraction of sp³-hybridized carbons (Fsp3) is 0.214. The summed E-state index contributed by atoms with van der Waals surface area (Å²) in [5.74, 6) is 0. The molecule has 0 atom stereocenters. The predicted molar refractivity (Wildman–Crippen MR) is 155 cm³/mol. The third-order valence-corrected chi connectivity index (χ3v) is 18.8. The second-order valence-corrected chi connectivity index (χ2v) is 17.5. The van der Waals surface area contributed by atoms with Gasteiger partial charge < -0.3 is 0 Å². The lowest BCUT2D eigenvalue weighted by Crippen LogP contribution is -2.82. The molecule has 178 valence electrons. The van der Waals surface area contributed by atoms with Crippen LogP contribution in [0.3, 0.4) is 0 Å². The van der Waals surface area contributed by atoms with Crippen LogP contribution in [0.1, 0.15) is 42.9 Å². The van der Waals surface area contributed by atoms with Gasteiger partial charge in [-0.2, -0.15) is 0 Å². The van der Waals surface area contributed by atoms with E-state index in [0.717, 1.165) is 33.5 Å². The average Bonchev–Trinajstić information content (AvgIpc) is 3.68.